The van der Waals surface area contributed by atoms with Crippen LogP contribution in [0, 0.1) is 23.1 Å². The number of nitrogens with one attached hydrogen (secondary N) is 1. The highest BCUT2D eigenvalue weighted by molar-refractivity contribution is 9.10. The minimum atomic E-state index is -0.802. The van der Waals surface area contributed by atoms with E-state index in [-0.39, 0.29) is 0 Å². The van der Waals surface area contributed by atoms with E-state index >= 15 is 0 Å². The SMILES string of the molecule is N#CC(Cc1ccccc1)C(=O)Nc1ccc(F)cc1Br. The van der Waals surface area contributed by atoms with Crippen molar-refractivity contribution in [1.82, 2.24) is 0 Å². The van der Waals surface area contributed by atoms with Gasteiger partial charge in [-0.2, -0.15) is 5.26 Å². The lowest BCUT2D eigenvalue weighted by Gasteiger charge is -2.11. The first-order chi connectivity index (χ1) is 10.1. The number of anilines is 1. The predicted octanol–water partition coefficient (Wildman–Crippen LogP) is 3.91. The highest BCUT2D eigenvalue weighted by Crippen LogP contribution is 2.24. The summed E-state index contributed by atoms with van der Waals surface area (Å²) in [4.78, 5) is 12.1. The molecule has 1 amide bonds. The molecule has 3 nitrogen and oxygen atoms in total. The molecule has 2 aromatic rings. The lowest BCUT2D eigenvalue weighted by Crippen LogP contribution is -2.23. The van der Waals surface area contributed by atoms with Gasteiger partial charge in [-0.1, -0.05) is 30.3 Å². The number of carbonyl (C=O) groups excluding carboxylic acids is 1. The molecule has 0 fully saturated rings. The Morgan fingerprint density at radius 1 is 1.29 bits per heavy atom. The number of rotatable bonds is 4. The van der Waals surface area contributed by atoms with E-state index < -0.39 is 17.6 Å². The molecule has 0 aromatic heterocycles. The van der Waals surface area contributed by atoms with Gasteiger partial charge in [0.25, 0.3) is 0 Å². The Kier molecular flexibility index (Phi) is 5.07. The second-order valence-corrected chi connectivity index (χ2v) is 5.34. The van der Waals surface area contributed by atoms with Gasteiger partial charge in [0, 0.05) is 4.47 Å². The molecule has 1 atom stereocenters. The number of hydrogen-bond donors (Lipinski definition) is 1. The summed E-state index contributed by atoms with van der Waals surface area (Å²) in [6.07, 6.45) is 0.335. The zero-order valence-electron chi connectivity index (χ0n) is 11.0. The van der Waals surface area contributed by atoms with Gasteiger partial charge in [0.15, 0.2) is 0 Å². The largest absolute Gasteiger partial charge is 0.324 e. The van der Waals surface area contributed by atoms with E-state index in [1.807, 2.05) is 36.4 Å². The first kappa shape index (κ1) is 15.2. The Hall–Kier alpha value is -2.19. The average Bonchev–Trinajstić information content (AvgIpc) is 2.48. The van der Waals surface area contributed by atoms with E-state index in [9.17, 15) is 9.18 Å². The lowest BCUT2D eigenvalue weighted by molar-refractivity contribution is -0.118. The van der Waals surface area contributed by atoms with Gasteiger partial charge in [0.05, 0.1) is 11.8 Å². The van der Waals surface area contributed by atoms with Gasteiger partial charge in [-0.05, 0) is 46.1 Å². The molecule has 0 aliphatic rings. The highest BCUT2D eigenvalue weighted by Gasteiger charge is 2.19. The molecule has 1 N–H and O–H groups in total. The third-order valence-corrected chi connectivity index (χ3v) is 3.60. The number of nitriles is 1. The second-order valence-electron chi connectivity index (χ2n) is 4.48. The molecule has 5 heteroatoms. The van der Waals surface area contributed by atoms with Gasteiger partial charge in [0.1, 0.15) is 11.7 Å². The number of hydrogen-bond acceptors (Lipinski definition) is 2. The molecule has 0 spiro atoms. The average molecular weight is 347 g/mol. The molecule has 0 saturated carbocycles. The number of halogens is 2. The summed E-state index contributed by atoms with van der Waals surface area (Å²) in [5.41, 5.74) is 1.35. The summed E-state index contributed by atoms with van der Waals surface area (Å²) in [7, 11) is 0. The van der Waals surface area contributed by atoms with Crippen molar-refractivity contribution in [3.63, 3.8) is 0 Å². The molecule has 0 bridgehead atoms. The fourth-order valence-electron chi connectivity index (χ4n) is 1.86. The Bertz CT molecular complexity index is 682. The van der Waals surface area contributed by atoms with Crippen LogP contribution in [0.5, 0.6) is 0 Å². The van der Waals surface area contributed by atoms with Crippen molar-refractivity contribution in [3.8, 4) is 6.07 Å². The lowest BCUT2D eigenvalue weighted by atomic mass is 10.00. The standard InChI is InChI=1S/C16H12BrFN2O/c17-14-9-13(18)6-7-15(14)20-16(21)12(10-19)8-11-4-2-1-3-5-11/h1-7,9,12H,8H2,(H,20,21). The van der Waals surface area contributed by atoms with Crippen LogP contribution in [0.15, 0.2) is 53.0 Å². The fraction of sp³-hybridized carbons (Fsp3) is 0.125. The van der Waals surface area contributed by atoms with Crippen molar-refractivity contribution in [3.05, 3.63) is 64.4 Å². The van der Waals surface area contributed by atoms with Gasteiger partial charge in [-0.3, -0.25) is 4.79 Å². The van der Waals surface area contributed by atoms with Gasteiger partial charge in [-0.25, -0.2) is 4.39 Å². The monoisotopic (exact) mass is 346 g/mol. The minimum absolute atomic E-state index is 0.335. The predicted molar refractivity (Wildman–Crippen MR) is 82.0 cm³/mol. The molecule has 0 aliphatic heterocycles. The number of benzene rings is 2. The summed E-state index contributed by atoms with van der Waals surface area (Å²) >= 11 is 3.18. The van der Waals surface area contributed by atoms with E-state index in [0.29, 0.717) is 16.6 Å². The Labute approximate surface area is 130 Å². The van der Waals surface area contributed by atoms with Crippen LogP contribution < -0.4 is 5.32 Å². The Balaban J connectivity index is 2.09. The fourth-order valence-corrected chi connectivity index (χ4v) is 2.31. The normalized spacial score (nSPS) is 11.5. The van der Waals surface area contributed by atoms with Crippen LogP contribution in [0.3, 0.4) is 0 Å². The van der Waals surface area contributed by atoms with E-state index in [1.54, 1.807) is 0 Å². The molecule has 1 unspecified atom stereocenters. The minimum Gasteiger partial charge on any atom is -0.324 e. The summed E-state index contributed by atoms with van der Waals surface area (Å²) in [5, 5.41) is 11.8. The van der Waals surface area contributed by atoms with Crippen LogP contribution in [0.2, 0.25) is 0 Å². The summed E-state index contributed by atoms with van der Waals surface area (Å²) in [5.74, 6) is -1.61. The van der Waals surface area contributed by atoms with Crippen molar-refractivity contribution in [2.75, 3.05) is 5.32 Å². The van der Waals surface area contributed by atoms with E-state index in [2.05, 4.69) is 21.2 Å². The first-order valence-corrected chi connectivity index (χ1v) is 7.09. The van der Waals surface area contributed by atoms with Crippen molar-refractivity contribution in [1.29, 1.82) is 5.26 Å². The zero-order chi connectivity index (χ0) is 15.2. The van der Waals surface area contributed by atoms with Crippen LogP contribution in [-0.2, 0) is 11.2 Å². The highest BCUT2D eigenvalue weighted by atomic mass is 79.9. The Morgan fingerprint density at radius 2 is 2.00 bits per heavy atom. The van der Waals surface area contributed by atoms with E-state index in [1.165, 1.54) is 18.2 Å². The number of carbonyl (C=O) groups is 1. The number of nitrogens with zero attached hydrogens (tertiary/aromatic N) is 1. The van der Waals surface area contributed by atoms with Crippen molar-refractivity contribution < 1.29 is 9.18 Å². The van der Waals surface area contributed by atoms with Crippen LogP contribution in [0.4, 0.5) is 10.1 Å². The van der Waals surface area contributed by atoms with Crippen LogP contribution in [0.1, 0.15) is 5.56 Å². The van der Waals surface area contributed by atoms with Crippen LogP contribution >= 0.6 is 15.9 Å². The van der Waals surface area contributed by atoms with Gasteiger partial charge in [0.2, 0.25) is 5.91 Å². The molecular weight excluding hydrogens is 335 g/mol. The summed E-state index contributed by atoms with van der Waals surface area (Å²) in [6, 6.07) is 15.3. The third kappa shape index (κ3) is 4.14. The molecule has 0 radical (unpaired) electrons. The maximum Gasteiger partial charge on any atom is 0.242 e. The third-order valence-electron chi connectivity index (χ3n) is 2.94. The molecule has 21 heavy (non-hydrogen) atoms. The number of amides is 1. The summed E-state index contributed by atoms with van der Waals surface area (Å²) < 4.78 is 13.4. The van der Waals surface area contributed by atoms with Gasteiger partial charge in [-0.15, -0.1) is 0 Å². The quantitative estimate of drug-likeness (QED) is 0.912. The van der Waals surface area contributed by atoms with Crippen LogP contribution in [0.25, 0.3) is 0 Å². The van der Waals surface area contributed by atoms with Crippen molar-refractivity contribution >= 4 is 27.5 Å². The maximum absolute atomic E-state index is 13.0. The topological polar surface area (TPSA) is 52.9 Å². The zero-order valence-corrected chi connectivity index (χ0v) is 12.6. The summed E-state index contributed by atoms with van der Waals surface area (Å²) in [6.45, 7) is 0. The smallest absolute Gasteiger partial charge is 0.242 e. The molecular formula is C16H12BrFN2O. The van der Waals surface area contributed by atoms with E-state index in [4.69, 9.17) is 5.26 Å². The van der Waals surface area contributed by atoms with E-state index in [0.717, 1.165) is 5.56 Å². The first-order valence-electron chi connectivity index (χ1n) is 6.29. The van der Waals surface area contributed by atoms with Crippen LogP contribution in [-0.4, -0.2) is 5.91 Å². The molecule has 2 rings (SSSR count). The molecule has 0 aliphatic carbocycles. The van der Waals surface area contributed by atoms with Crippen molar-refractivity contribution in [2.24, 2.45) is 5.92 Å². The molecule has 0 saturated heterocycles. The van der Waals surface area contributed by atoms with Gasteiger partial charge >= 0.3 is 0 Å². The second kappa shape index (κ2) is 7.00. The maximum atomic E-state index is 13.0. The Morgan fingerprint density at radius 3 is 2.62 bits per heavy atom. The van der Waals surface area contributed by atoms with Crippen molar-refractivity contribution in [2.45, 2.75) is 6.42 Å². The van der Waals surface area contributed by atoms with Gasteiger partial charge < -0.3 is 5.32 Å². The molecule has 106 valence electrons. The molecule has 0 heterocycles. The molecule has 2 aromatic carbocycles.